The summed E-state index contributed by atoms with van der Waals surface area (Å²) in [6, 6.07) is 0. The number of hydrogen-bond donors (Lipinski definition) is 1. The quantitative estimate of drug-likeness (QED) is 0.435. The van der Waals surface area contributed by atoms with E-state index in [1.54, 1.807) is 26.4 Å². The molecule has 0 bridgehead atoms. The predicted octanol–water partition coefficient (Wildman–Crippen LogP) is 3.48. The largest absolute Gasteiger partial charge is 0.504 e. The van der Waals surface area contributed by atoms with Gasteiger partial charge in [-0.05, 0) is 48.2 Å². The number of rotatable bonds is 5. The highest BCUT2D eigenvalue weighted by atomic mass is 16.5. The molecule has 2 fully saturated rings. The van der Waals surface area contributed by atoms with Crippen LogP contribution in [0.5, 0.6) is 0 Å². The molecule has 0 aromatic carbocycles. The van der Waals surface area contributed by atoms with Gasteiger partial charge < -0.3 is 19.4 Å². The molecule has 0 spiro atoms. The van der Waals surface area contributed by atoms with Gasteiger partial charge >= 0.3 is 5.97 Å². The number of aliphatic hydroxyl groups is 1. The molecule has 0 amide bonds. The number of carbonyl (C=O) groups is 3. The van der Waals surface area contributed by atoms with Gasteiger partial charge in [0.2, 0.25) is 0 Å². The Kier molecular flexibility index (Phi) is 10.4. The van der Waals surface area contributed by atoms with Crippen molar-refractivity contribution >= 4 is 18.5 Å². The summed E-state index contributed by atoms with van der Waals surface area (Å²) in [5.74, 6) is 0.606. The van der Waals surface area contributed by atoms with E-state index >= 15 is 0 Å². The average Bonchev–Trinajstić information content (AvgIpc) is 2.62. The first kappa shape index (κ1) is 26.1. The van der Waals surface area contributed by atoms with Gasteiger partial charge in [-0.1, -0.05) is 33.3 Å². The molecule has 0 aromatic heterocycles. The molecule has 1 N–H and O–H groups in total. The molecule has 6 heteroatoms. The molecule has 0 heterocycles. The number of esters is 1. The number of ether oxygens (including phenoxy) is 2. The third kappa shape index (κ3) is 6.59. The number of allylic oxidation sites excluding steroid dienone is 3. The molecule has 2 aliphatic carbocycles. The third-order valence-corrected chi connectivity index (χ3v) is 5.97. The summed E-state index contributed by atoms with van der Waals surface area (Å²) in [4.78, 5) is 29.6. The van der Waals surface area contributed by atoms with Gasteiger partial charge in [0.1, 0.15) is 6.79 Å². The molecule has 0 radical (unpaired) electrons. The van der Waals surface area contributed by atoms with Gasteiger partial charge in [0, 0.05) is 19.4 Å². The van der Waals surface area contributed by atoms with Gasteiger partial charge in [0.15, 0.2) is 5.78 Å². The Labute approximate surface area is 169 Å². The number of aliphatic hydroxyl groups excluding tert-OH is 1. The Bertz CT molecular complexity index is 600. The molecule has 2 saturated carbocycles. The summed E-state index contributed by atoms with van der Waals surface area (Å²) in [6.45, 7) is 14.2. The average molecular weight is 397 g/mol. The summed E-state index contributed by atoms with van der Waals surface area (Å²) >= 11 is 0. The minimum absolute atomic E-state index is 0.0128. The van der Waals surface area contributed by atoms with E-state index in [9.17, 15) is 9.59 Å². The summed E-state index contributed by atoms with van der Waals surface area (Å²) in [7, 11) is 1.66. The summed E-state index contributed by atoms with van der Waals surface area (Å²) in [5, 5.41) is 8.94. The van der Waals surface area contributed by atoms with Crippen LogP contribution in [0.3, 0.4) is 0 Å². The highest BCUT2D eigenvalue weighted by Gasteiger charge is 2.44. The first-order valence-electron chi connectivity index (χ1n) is 9.43. The number of methoxy groups -OCH3 is 1. The topological polar surface area (TPSA) is 89.9 Å². The maximum absolute atomic E-state index is 10.9. The van der Waals surface area contributed by atoms with Crippen molar-refractivity contribution in [3.63, 3.8) is 0 Å². The van der Waals surface area contributed by atoms with Crippen molar-refractivity contribution in [2.24, 2.45) is 22.7 Å². The zero-order valence-electron chi connectivity index (χ0n) is 18.3. The van der Waals surface area contributed by atoms with Crippen molar-refractivity contribution in [3.05, 3.63) is 23.5 Å². The maximum Gasteiger partial charge on any atom is 0.302 e. The van der Waals surface area contributed by atoms with Gasteiger partial charge in [-0.3, -0.25) is 9.59 Å². The summed E-state index contributed by atoms with van der Waals surface area (Å²) in [6.07, 6.45) is 5.34. The SMILES string of the molecule is C=O.CC(=O)C=C1CC(COC(C)=O)C1(C)C.COC=C1CC(CO)C1(C)C. The standard InChI is InChI=1S/C12H18O3.C9H16O2.CH2O/c1-8(13)5-10-6-11(12(10,3)4)7-15-9(2)14;1-9(2)7(5-10)4-8(9)6-11-3;1-2/h5,11H,6-7H2,1-4H3;6-7,10H,4-5H2,1-3H3;1H2. The molecule has 0 aliphatic heterocycles. The molecule has 28 heavy (non-hydrogen) atoms. The van der Waals surface area contributed by atoms with Crippen LogP contribution in [0.1, 0.15) is 54.4 Å². The van der Waals surface area contributed by atoms with Crippen molar-refractivity contribution in [1.29, 1.82) is 0 Å². The molecule has 0 saturated heterocycles. The van der Waals surface area contributed by atoms with E-state index in [2.05, 4.69) is 27.7 Å². The first-order chi connectivity index (χ1) is 13.0. The second-order valence-electron chi connectivity index (χ2n) is 8.39. The van der Waals surface area contributed by atoms with Gasteiger partial charge in [-0.25, -0.2) is 0 Å². The number of ketones is 1. The van der Waals surface area contributed by atoms with E-state index in [1.807, 2.05) is 6.79 Å². The molecule has 2 unspecified atom stereocenters. The van der Waals surface area contributed by atoms with E-state index in [0.717, 1.165) is 18.4 Å². The lowest BCUT2D eigenvalue weighted by Gasteiger charge is -2.47. The molecule has 2 rings (SSSR count). The Morgan fingerprint density at radius 3 is 1.93 bits per heavy atom. The molecule has 2 aliphatic rings. The minimum Gasteiger partial charge on any atom is -0.504 e. The Balaban J connectivity index is 0.000000497. The smallest absolute Gasteiger partial charge is 0.302 e. The van der Waals surface area contributed by atoms with Gasteiger partial charge in [0.05, 0.1) is 20.0 Å². The van der Waals surface area contributed by atoms with Gasteiger partial charge in [-0.2, -0.15) is 0 Å². The Morgan fingerprint density at radius 2 is 1.57 bits per heavy atom. The highest BCUT2D eigenvalue weighted by Crippen LogP contribution is 2.51. The van der Waals surface area contributed by atoms with Crippen LogP contribution in [0.15, 0.2) is 23.5 Å². The fourth-order valence-electron chi connectivity index (χ4n) is 3.44. The predicted molar refractivity (Wildman–Crippen MR) is 108 cm³/mol. The van der Waals surface area contributed by atoms with Crippen LogP contribution < -0.4 is 0 Å². The Morgan fingerprint density at radius 1 is 1.07 bits per heavy atom. The Hall–Kier alpha value is -1.95. The molecular weight excluding hydrogens is 360 g/mol. The van der Waals surface area contributed by atoms with Crippen molar-refractivity contribution in [3.8, 4) is 0 Å². The van der Waals surface area contributed by atoms with E-state index in [-0.39, 0.29) is 29.2 Å². The normalized spacial score (nSPS) is 26.4. The summed E-state index contributed by atoms with van der Waals surface area (Å²) < 4.78 is 9.91. The van der Waals surface area contributed by atoms with E-state index in [4.69, 9.17) is 19.4 Å². The van der Waals surface area contributed by atoms with Crippen LogP contribution >= 0.6 is 0 Å². The highest BCUT2D eigenvalue weighted by molar-refractivity contribution is 5.88. The van der Waals surface area contributed by atoms with Crippen LogP contribution in [0.25, 0.3) is 0 Å². The van der Waals surface area contributed by atoms with Crippen LogP contribution in [-0.4, -0.2) is 44.0 Å². The van der Waals surface area contributed by atoms with Crippen LogP contribution in [-0.2, 0) is 23.9 Å². The molecular formula is C22H36O6. The van der Waals surface area contributed by atoms with Gasteiger partial charge in [-0.15, -0.1) is 0 Å². The van der Waals surface area contributed by atoms with Crippen molar-refractivity contribution in [1.82, 2.24) is 0 Å². The zero-order valence-corrected chi connectivity index (χ0v) is 18.3. The maximum atomic E-state index is 10.9. The molecule has 2 atom stereocenters. The van der Waals surface area contributed by atoms with Crippen LogP contribution in [0.2, 0.25) is 0 Å². The monoisotopic (exact) mass is 396 g/mol. The second-order valence-corrected chi connectivity index (χ2v) is 8.39. The number of carbonyl (C=O) groups excluding carboxylic acids is 3. The van der Waals surface area contributed by atoms with E-state index in [0.29, 0.717) is 18.4 Å². The van der Waals surface area contributed by atoms with Crippen LogP contribution in [0, 0.1) is 22.7 Å². The van der Waals surface area contributed by atoms with E-state index < -0.39 is 0 Å². The second kappa shape index (κ2) is 11.1. The lowest BCUT2D eigenvalue weighted by Crippen LogP contribution is -2.41. The molecule has 0 aromatic rings. The van der Waals surface area contributed by atoms with Crippen molar-refractivity contribution in [2.45, 2.75) is 54.4 Å². The summed E-state index contributed by atoms with van der Waals surface area (Å²) in [5.41, 5.74) is 2.59. The third-order valence-electron chi connectivity index (χ3n) is 5.97. The van der Waals surface area contributed by atoms with Crippen molar-refractivity contribution < 1.29 is 29.0 Å². The minimum atomic E-state index is -0.241. The van der Waals surface area contributed by atoms with Crippen LogP contribution in [0.4, 0.5) is 0 Å². The lowest BCUT2D eigenvalue weighted by atomic mass is 9.59. The van der Waals surface area contributed by atoms with Crippen molar-refractivity contribution in [2.75, 3.05) is 20.3 Å². The lowest BCUT2D eigenvalue weighted by molar-refractivity contribution is -0.144. The fourth-order valence-corrected chi connectivity index (χ4v) is 3.44. The van der Waals surface area contributed by atoms with Gasteiger partial charge in [0.25, 0.3) is 0 Å². The van der Waals surface area contributed by atoms with E-state index in [1.165, 1.54) is 12.5 Å². The zero-order chi connectivity index (χ0) is 22.1. The number of hydrogen-bond acceptors (Lipinski definition) is 6. The first-order valence-corrected chi connectivity index (χ1v) is 9.43. The molecule has 6 nitrogen and oxygen atoms in total. The fraction of sp³-hybridized carbons (Fsp3) is 0.682. The molecule has 160 valence electrons.